The first-order valence-electron chi connectivity index (χ1n) is 15.8. The van der Waals surface area contributed by atoms with Gasteiger partial charge >= 0.3 is 23.9 Å². The maximum absolute atomic E-state index is 13.6. The molecule has 52 heavy (non-hydrogen) atoms. The average molecular weight is 782 g/mol. The smallest absolute Gasteiger partial charge is 0.355 e. The molecule has 0 aromatic heterocycles. The van der Waals surface area contributed by atoms with Crippen LogP contribution in [0, 0.1) is 48.5 Å². The van der Waals surface area contributed by atoms with E-state index < -0.39 is 46.8 Å². The summed E-state index contributed by atoms with van der Waals surface area (Å²) in [6.45, 7) is 12.5. The summed E-state index contributed by atoms with van der Waals surface area (Å²) in [5.74, 6) is -6.61. The van der Waals surface area contributed by atoms with Crippen LogP contribution < -0.4 is 14.2 Å². The molecule has 1 aliphatic carbocycles. The van der Waals surface area contributed by atoms with Crippen LogP contribution in [-0.4, -0.2) is 62.8 Å². The lowest BCUT2D eigenvalue weighted by atomic mass is 9.91. The highest BCUT2D eigenvalue weighted by molar-refractivity contribution is 9.10. The Morgan fingerprint density at radius 3 is 1.92 bits per heavy atom. The zero-order valence-electron chi connectivity index (χ0n) is 29.9. The van der Waals surface area contributed by atoms with Crippen molar-refractivity contribution in [1.82, 2.24) is 0 Å². The van der Waals surface area contributed by atoms with Crippen LogP contribution in [0.1, 0.15) is 82.5 Å². The molecule has 0 saturated heterocycles. The minimum absolute atomic E-state index is 0.000307. The number of rotatable bonds is 9. The minimum atomic E-state index is -2.45. The summed E-state index contributed by atoms with van der Waals surface area (Å²) < 4.78 is 21.6. The van der Waals surface area contributed by atoms with E-state index in [0.29, 0.717) is 28.7 Å². The number of aromatic hydroxyl groups is 2. The summed E-state index contributed by atoms with van der Waals surface area (Å²) in [5, 5.41) is 43.0. The number of halogens is 1. The van der Waals surface area contributed by atoms with E-state index in [9.17, 15) is 44.4 Å². The first kappa shape index (κ1) is 39.3. The van der Waals surface area contributed by atoms with Gasteiger partial charge in [-0.05, 0) is 128 Å². The first-order valence-corrected chi connectivity index (χ1v) is 16.6. The van der Waals surface area contributed by atoms with E-state index in [4.69, 9.17) is 18.9 Å². The highest BCUT2D eigenvalue weighted by Crippen LogP contribution is 2.44. The number of esters is 3. The fourth-order valence-corrected chi connectivity index (χ4v) is 6.59. The van der Waals surface area contributed by atoms with Crippen molar-refractivity contribution in [3.05, 3.63) is 95.7 Å². The molecule has 4 N–H and O–H groups in total. The number of methoxy groups -OCH3 is 1. The van der Waals surface area contributed by atoms with Gasteiger partial charge in [0.1, 0.15) is 44.4 Å². The van der Waals surface area contributed by atoms with E-state index in [1.807, 2.05) is 0 Å². The summed E-state index contributed by atoms with van der Waals surface area (Å²) in [6, 6.07) is 1.34. The number of hydrogen-bond donors (Lipinski definition) is 4. The second-order valence-corrected chi connectivity index (χ2v) is 13.0. The maximum atomic E-state index is 13.6. The number of carboxylic acids is 1. The van der Waals surface area contributed by atoms with Crippen molar-refractivity contribution in [2.24, 2.45) is 0 Å². The zero-order chi connectivity index (χ0) is 39.1. The van der Waals surface area contributed by atoms with Gasteiger partial charge in [0.25, 0.3) is 0 Å². The van der Waals surface area contributed by atoms with Crippen molar-refractivity contribution < 1.29 is 63.3 Å². The summed E-state index contributed by atoms with van der Waals surface area (Å²) in [5.41, 5.74) is -0.448. The van der Waals surface area contributed by atoms with Gasteiger partial charge in [0, 0.05) is 11.6 Å². The number of carbonyl (C=O) groups excluding carboxylic acids is 4. The Morgan fingerprint density at radius 1 is 0.769 bits per heavy atom. The summed E-state index contributed by atoms with van der Waals surface area (Å²) in [6.07, 6.45) is 3.17. The lowest BCUT2D eigenvalue weighted by Crippen LogP contribution is -2.44. The van der Waals surface area contributed by atoms with Gasteiger partial charge in [0.2, 0.25) is 5.60 Å². The molecule has 0 bridgehead atoms. The van der Waals surface area contributed by atoms with E-state index in [2.05, 4.69) is 15.9 Å². The molecule has 1 aliphatic rings. The van der Waals surface area contributed by atoms with Crippen molar-refractivity contribution >= 4 is 45.6 Å². The number of benzene rings is 3. The lowest BCUT2D eigenvalue weighted by molar-refractivity contribution is -0.150. The first-order chi connectivity index (χ1) is 24.2. The van der Waals surface area contributed by atoms with E-state index in [1.165, 1.54) is 33.8 Å². The van der Waals surface area contributed by atoms with Crippen LogP contribution in [0.2, 0.25) is 0 Å². The van der Waals surface area contributed by atoms with Crippen LogP contribution in [0.4, 0.5) is 0 Å². The Balaban J connectivity index is 1.66. The van der Waals surface area contributed by atoms with Gasteiger partial charge < -0.3 is 39.4 Å². The van der Waals surface area contributed by atoms with Gasteiger partial charge in [-0.1, -0.05) is 6.92 Å². The van der Waals surface area contributed by atoms with Crippen LogP contribution in [-0.2, 0) is 20.7 Å². The Bertz CT molecular complexity index is 2130. The fraction of sp³-hybridized carbons (Fsp3) is 0.289. The number of ketones is 1. The quantitative estimate of drug-likeness (QED) is 0.145. The standard InChI is InChI=1S/C38H37BrO13/c1-10-23-20(7)27(34(43)44)16(3)18(5)32(23)51-35(45)26-15(2)13-24(21(8)30(26)41)50-36(46)28-17(4)19(6)33(29(39)31(28)42)52-37(47)38(48)12-11-22(40)14-25(38)49-9/h11-14,41-42,48H,10H2,1-9H3,(H,43,44)/t38-/m1/s1. The van der Waals surface area contributed by atoms with Crippen molar-refractivity contribution in [1.29, 1.82) is 0 Å². The molecule has 3 aromatic rings. The van der Waals surface area contributed by atoms with E-state index in [-0.39, 0.29) is 66.4 Å². The molecule has 0 unspecified atom stereocenters. The van der Waals surface area contributed by atoms with E-state index in [0.717, 1.165) is 25.3 Å². The molecule has 0 spiro atoms. The molecule has 0 fully saturated rings. The van der Waals surface area contributed by atoms with Crippen molar-refractivity contribution in [2.75, 3.05) is 7.11 Å². The van der Waals surface area contributed by atoms with Crippen LogP contribution in [0.3, 0.4) is 0 Å². The normalized spacial score (nSPS) is 15.2. The van der Waals surface area contributed by atoms with Crippen LogP contribution in [0.15, 0.2) is 34.5 Å². The van der Waals surface area contributed by atoms with Crippen LogP contribution >= 0.6 is 15.9 Å². The molecule has 1 atom stereocenters. The van der Waals surface area contributed by atoms with Gasteiger partial charge in [-0.15, -0.1) is 0 Å². The van der Waals surface area contributed by atoms with Gasteiger partial charge in [-0.25, -0.2) is 19.2 Å². The number of carboxylic acid groups (broad SMARTS) is 1. The zero-order valence-corrected chi connectivity index (χ0v) is 31.4. The lowest BCUT2D eigenvalue weighted by Gasteiger charge is -2.27. The van der Waals surface area contributed by atoms with Gasteiger partial charge in [-0.2, -0.15) is 0 Å². The molecule has 3 aromatic carbocycles. The second-order valence-electron chi connectivity index (χ2n) is 12.3. The number of aryl methyl sites for hydroxylation is 1. The third kappa shape index (κ3) is 6.66. The molecule has 274 valence electrons. The summed E-state index contributed by atoms with van der Waals surface area (Å²) in [7, 11) is 1.16. The monoisotopic (exact) mass is 780 g/mol. The largest absolute Gasteiger partial charge is 0.507 e. The fourth-order valence-electron chi connectivity index (χ4n) is 6.01. The Labute approximate surface area is 307 Å². The molecule has 0 radical (unpaired) electrons. The number of aliphatic hydroxyl groups is 1. The molecular formula is C38H37BrO13. The molecule has 0 aliphatic heterocycles. The SMILES string of the molecule is CCc1c(C)c(C(=O)O)c(C)c(C)c1OC(=O)c1c(C)cc(OC(=O)c2c(C)c(C)c(OC(=O)[C@@]3(O)C=CC(=O)C=C3OC)c(Br)c2O)c(C)c1O. The highest BCUT2D eigenvalue weighted by atomic mass is 79.9. The number of phenols is 2. The van der Waals surface area contributed by atoms with Crippen molar-refractivity contribution in [2.45, 2.75) is 67.4 Å². The van der Waals surface area contributed by atoms with E-state index in [1.54, 1.807) is 27.7 Å². The van der Waals surface area contributed by atoms with Gasteiger partial charge in [0.05, 0.1) is 12.7 Å². The Morgan fingerprint density at radius 2 is 1.35 bits per heavy atom. The van der Waals surface area contributed by atoms with Crippen LogP contribution in [0.5, 0.6) is 28.7 Å². The topological polar surface area (TPSA) is 203 Å². The molecule has 0 heterocycles. The third-order valence-corrected chi connectivity index (χ3v) is 9.98. The maximum Gasteiger partial charge on any atom is 0.355 e. The Hall–Kier alpha value is -5.47. The molecule has 13 nitrogen and oxygen atoms in total. The van der Waals surface area contributed by atoms with Gasteiger partial charge in [-0.3, -0.25) is 4.79 Å². The highest BCUT2D eigenvalue weighted by Gasteiger charge is 2.44. The number of hydrogen-bond acceptors (Lipinski definition) is 12. The third-order valence-electron chi connectivity index (χ3n) is 9.24. The predicted molar refractivity (Wildman–Crippen MR) is 190 cm³/mol. The molecule has 4 rings (SSSR count). The number of allylic oxidation sites excluding steroid dienone is 2. The number of carbonyl (C=O) groups is 5. The Kier molecular flexibility index (Phi) is 11.1. The molecule has 14 heteroatoms. The minimum Gasteiger partial charge on any atom is -0.507 e. The van der Waals surface area contributed by atoms with E-state index >= 15 is 0 Å². The van der Waals surface area contributed by atoms with Crippen molar-refractivity contribution in [3.8, 4) is 28.7 Å². The van der Waals surface area contributed by atoms with Gasteiger partial charge in [0.15, 0.2) is 11.5 Å². The number of phenolic OH excluding ortho intramolecular Hbond substituents is 2. The van der Waals surface area contributed by atoms with Crippen LogP contribution in [0.25, 0.3) is 0 Å². The van der Waals surface area contributed by atoms with Crippen molar-refractivity contribution in [3.63, 3.8) is 0 Å². The molecule has 0 amide bonds. The molecule has 0 saturated carbocycles. The average Bonchev–Trinajstić information content (AvgIpc) is 3.07. The summed E-state index contributed by atoms with van der Waals surface area (Å²) >= 11 is 3.15. The molecular weight excluding hydrogens is 744 g/mol. The number of aromatic carboxylic acids is 1. The summed E-state index contributed by atoms with van der Waals surface area (Å²) in [4.78, 5) is 63.9. The predicted octanol–water partition coefficient (Wildman–Crippen LogP) is 6.02. The second kappa shape index (κ2) is 14.6. The number of ether oxygens (including phenoxy) is 4.